The summed E-state index contributed by atoms with van der Waals surface area (Å²) in [6.45, 7) is 1.58. The maximum atomic E-state index is 12.3. The summed E-state index contributed by atoms with van der Waals surface area (Å²) in [6, 6.07) is 0. The standard InChI is InChI=1S/C15H23N3O2S/c1-17(2)14(20)13-12(16)11(9-5-6-9)15(21-13)18-7-3-4-10(19)8-18/h9-10,19H,3-8,16H2,1-2H3. The van der Waals surface area contributed by atoms with E-state index in [-0.39, 0.29) is 12.0 Å². The van der Waals surface area contributed by atoms with Crippen molar-refractivity contribution in [2.45, 2.75) is 37.7 Å². The van der Waals surface area contributed by atoms with Crippen molar-refractivity contribution in [1.82, 2.24) is 4.90 Å². The predicted molar refractivity (Wildman–Crippen MR) is 86.2 cm³/mol. The molecular formula is C15H23N3O2S. The van der Waals surface area contributed by atoms with Gasteiger partial charge >= 0.3 is 0 Å². The Kier molecular flexibility index (Phi) is 3.84. The van der Waals surface area contributed by atoms with Gasteiger partial charge in [-0.25, -0.2) is 0 Å². The van der Waals surface area contributed by atoms with Crippen molar-refractivity contribution in [1.29, 1.82) is 0 Å². The van der Waals surface area contributed by atoms with Gasteiger partial charge in [-0.15, -0.1) is 11.3 Å². The summed E-state index contributed by atoms with van der Waals surface area (Å²) in [4.78, 5) is 16.8. The highest BCUT2D eigenvalue weighted by Crippen LogP contribution is 2.52. The lowest BCUT2D eigenvalue weighted by Gasteiger charge is -2.31. The number of thiophene rings is 1. The van der Waals surface area contributed by atoms with E-state index in [1.807, 2.05) is 0 Å². The summed E-state index contributed by atoms with van der Waals surface area (Å²) in [5.41, 5.74) is 8.11. The van der Waals surface area contributed by atoms with Gasteiger partial charge in [0.15, 0.2) is 0 Å². The normalized spacial score (nSPS) is 22.4. The molecule has 0 spiro atoms. The van der Waals surface area contributed by atoms with E-state index in [1.165, 1.54) is 11.3 Å². The third-order valence-corrected chi connectivity index (χ3v) is 5.50. The first kappa shape index (κ1) is 14.7. The topological polar surface area (TPSA) is 69.8 Å². The second-order valence-electron chi connectivity index (χ2n) is 6.28. The molecule has 0 bridgehead atoms. The highest BCUT2D eigenvalue weighted by atomic mass is 32.1. The molecule has 1 aromatic rings. The van der Waals surface area contributed by atoms with Gasteiger partial charge in [0.25, 0.3) is 5.91 Å². The number of nitrogens with zero attached hydrogens (tertiary/aromatic N) is 2. The molecule has 2 heterocycles. The zero-order valence-electron chi connectivity index (χ0n) is 12.6. The maximum Gasteiger partial charge on any atom is 0.265 e. The molecule has 1 unspecified atom stereocenters. The zero-order valence-corrected chi connectivity index (χ0v) is 13.4. The smallest absolute Gasteiger partial charge is 0.265 e. The van der Waals surface area contributed by atoms with Crippen LogP contribution < -0.4 is 10.6 Å². The van der Waals surface area contributed by atoms with Crippen molar-refractivity contribution in [2.24, 2.45) is 0 Å². The molecule has 21 heavy (non-hydrogen) atoms. The molecule has 1 aliphatic carbocycles. The number of rotatable bonds is 3. The Morgan fingerprint density at radius 1 is 1.38 bits per heavy atom. The molecular weight excluding hydrogens is 286 g/mol. The number of carbonyl (C=O) groups excluding carboxylic acids is 1. The molecule has 3 rings (SSSR count). The number of piperidine rings is 1. The number of amides is 1. The second-order valence-corrected chi connectivity index (χ2v) is 7.28. The van der Waals surface area contributed by atoms with Crippen LogP contribution in [0.5, 0.6) is 0 Å². The fourth-order valence-electron chi connectivity index (χ4n) is 2.95. The molecule has 2 fully saturated rings. The number of hydrogen-bond donors (Lipinski definition) is 2. The average Bonchev–Trinajstić information content (AvgIpc) is 3.21. The quantitative estimate of drug-likeness (QED) is 0.894. The van der Waals surface area contributed by atoms with Crippen LogP contribution >= 0.6 is 11.3 Å². The molecule has 5 nitrogen and oxygen atoms in total. The molecule has 0 aromatic carbocycles. The van der Waals surface area contributed by atoms with Gasteiger partial charge in [-0.1, -0.05) is 0 Å². The largest absolute Gasteiger partial charge is 0.397 e. The molecule has 1 saturated carbocycles. The SMILES string of the molecule is CN(C)C(=O)c1sc(N2CCCC(O)C2)c(C2CC2)c1N. The average molecular weight is 309 g/mol. The lowest BCUT2D eigenvalue weighted by molar-refractivity contribution is 0.0833. The third-order valence-electron chi connectivity index (χ3n) is 4.23. The number of carbonyl (C=O) groups is 1. The van der Waals surface area contributed by atoms with Crippen molar-refractivity contribution in [2.75, 3.05) is 37.8 Å². The van der Waals surface area contributed by atoms with Gasteiger partial charge in [0.1, 0.15) is 4.88 Å². The van der Waals surface area contributed by atoms with E-state index < -0.39 is 0 Å². The summed E-state index contributed by atoms with van der Waals surface area (Å²) in [5.74, 6) is 0.474. The Hall–Kier alpha value is -1.27. The van der Waals surface area contributed by atoms with E-state index in [1.54, 1.807) is 19.0 Å². The van der Waals surface area contributed by atoms with Crippen LogP contribution in [0.3, 0.4) is 0 Å². The molecule has 1 aliphatic heterocycles. The number of nitrogen functional groups attached to an aromatic ring is 1. The van der Waals surface area contributed by atoms with Crippen LogP contribution in [0.25, 0.3) is 0 Å². The zero-order chi connectivity index (χ0) is 15.1. The molecule has 6 heteroatoms. The summed E-state index contributed by atoms with van der Waals surface area (Å²) in [5, 5.41) is 11.0. The van der Waals surface area contributed by atoms with Crippen LogP contribution in [0, 0.1) is 0 Å². The lowest BCUT2D eigenvalue weighted by Crippen LogP contribution is -2.38. The van der Waals surface area contributed by atoms with E-state index in [4.69, 9.17) is 5.73 Å². The summed E-state index contributed by atoms with van der Waals surface area (Å²) in [6.07, 6.45) is 3.88. The van der Waals surface area contributed by atoms with Crippen molar-refractivity contribution < 1.29 is 9.90 Å². The van der Waals surface area contributed by atoms with E-state index in [2.05, 4.69) is 4.90 Å². The number of aliphatic hydroxyl groups excluding tert-OH is 1. The number of anilines is 2. The van der Waals surface area contributed by atoms with Gasteiger partial charge in [-0.2, -0.15) is 0 Å². The summed E-state index contributed by atoms with van der Waals surface area (Å²) >= 11 is 1.50. The second kappa shape index (κ2) is 5.50. The number of hydrogen-bond acceptors (Lipinski definition) is 5. The lowest BCUT2D eigenvalue weighted by atomic mass is 10.1. The first-order valence-corrected chi connectivity index (χ1v) is 8.37. The summed E-state index contributed by atoms with van der Waals surface area (Å²) < 4.78 is 0. The Balaban J connectivity index is 1.98. The molecule has 3 N–H and O–H groups in total. The van der Waals surface area contributed by atoms with Crippen LogP contribution in [-0.2, 0) is 0 Å². The molecule has 0 radical (unpaired) electrons. The minimum absolute atomic E-state index is 0.0248. The molecule has 1 atom stereocenters. The van der Waals surface area contributed by atoms with Crippen LogP contribution in [0.2, 0.25) is 0 Å². The predicted octanol–water partition coefficient (Wildman–Crippen LogP) is 1.87. The van der Waals surface area contributed by atoms with E-state index >= 15 is 0 Å². The Labute approximate surface area is 129 Å². The van der Waals surface area contributed by atoms with E-state index in [9.17, 15) is 9.90 Å². The first-order valence-electron chi connectivity index (χ1n) is 7.56. The fourth-order valence-corrected chi connectivity index (χ4v) is 4.31. The van der Waals surface area contributed by atoms with Gasteiger partial charge in [-0.3, -0.25) is 4.79 Å². The van der Waals surface area contributed by atoms with Crippen molar-refractivity contribution in [3.8, 4) is 0 Å². The van der Waals surface area contributed by atoms with Gasteiger partial charge in [-0.05, 0) is 31.6 Å². The van der Waals surface area contributed by atoms with Crippen LogP contribution in [0.4, 0.5) is 10.7 Å². The Morgan fingerprint density at radius 2 is 2.10 bits per heavy atom. The number of nitrogens with two attached hydrogens (primary N) is 1. The van der Waals surface area contributed by atoms with Gasteiger partial charge in [0.05, 0.1) is 16.8 Å². The van der Waals surface area contributed by atoms with Gasteiger partial charge < -0.3 is 20.6 Å². The molecule has 2 aliphatic rings. The summed E-state index contributed by atoms with van der Waals surface area (Å²) in [7, 11) is 3.51. The fraction of sp³-hybridized carbons (Fsp3) is 0.667. The van der Waals surface area contributed by atoms with Crippen molar-refractivity contribution in [3.05, 3.63) is 10.4 Å². The van der Waals surface area contributed by atoms with E-state index in [0.29, 0.717) is 23.0 Å². The van der Waals surface area contributed by atoms with Crippen LogP contribution in [-0.4, -0.2) is 49.2 Å². The van der Waals surface area contributed by atoms with Crippen LogP contribution in [0.15, 0.2) is 0 Å². The highest BCUT2D eigenvalue weighted by molar-refractivity contribution is 7.18. The Bertz CT molecular complexity index is 551. The van der Waals surface area contributed by atoms with Crippen LogP contribution in [0.1, 0.15) is 46.8 Å². The van der Waals surface area contributed by atoms with Crippen molar-refractivity contribution >= 4 is 27.9 Å². The Morgan fingerprint density at radius 3 is 2.67 bits per heavy atom. The highest BCUT2D eigenvalue weighted by Gasteiger charge is 2.35. The number of aliphatic hydroxyl groups is 1. The number of β-amino-alcohol motifs (C(OH)–C–C–N with tert-alkyl or cyclic N) is 1. The maximum absolute atomic E-state index is 12.3. The molecule has 116 valence electrons. The minimum atomic E-state index is -0.276. The molecule has 1 amide bonds. The third kappa shape index (κ3) is 2.74. The monoisotopic (exact) mass is 309 g/mol. The van der Waals surface area contributed by atoms with Gasteiger partial charge in [0, 0.05) is 32.7 Å². The molecule has 1 aromatic heterocycles. The van der Waals surface area contributed by atoms with Gasteiger partial charge in [0.2, 0.25) is 0 Å². The minimum Gasteiger partial charge on any atom is -0.397 e. The first-order chi connectivity index (χ1) is 9.99. The molecule has 1 saturated heterocycles. The van der Waals surface area contributed by atoms with Crippen molar-refractivity contribution in [3.63, 3.8) is 0 Å². The van der Waals surface area contributed by atoms with E-state index in [0.717, 1.165) is 42.8 Å².